The van der Waals surface area contributed by atoms with E-state index in [4.69, 9.17) is 24.4 Å². The van der Waals surface area contributed by atoms with Crippen molar-refractivity contribution < 1.29 is 4.42 Å². The number of hydrogen-bond acceptors (Lipinski definition) is 5. The zero-order valence-corrected chi connectivity index (χ0v) is 26.7. The van der Waals surface area contributed by atoms with Gasteiger partial charge in [0, 0.05) is 49.5 Å². The fraction of sp³-hybridized carbons (Fsp3) is 0. The summed E-state index contributed by atoms with van der Waals surface area (Å²) in [5.74, 6) is 1.79. The van der Waals surface area contributed by atoms with Crippen LogP contribution in [0.5, 0.6) is 0 Å². The third kappa shape index (κ3) is 4.65. The van der Waals surface area contributed by atoms with Crippen LogP contribution in [0.25, 0.3) is 95.0 Å². The lowest BCUT2D eigenvalue weighted by Gasteiger charge is -2.11. The van der Waals surface area contributed by atoms with Crippen LogP contribution in [0.1, 0.15) is 0 Å². The van der Waals surface area contributed by atoms with Crippen molar-refractivity contribution in [3.8, 4) is 51.1 Å². The van der Waals surface area contributed by atoms with Crippen LogP contribution in [0.4, 0.5) is 0 Å². The molecule has 6 heteroatoms. The molecule has 6 nitrogen and oxygen atoms in total. The van der Waals surface area contributed by atoms with Crippen molar-refractivity contribution in [1.82, 2.24) is 24.5 Å². The van der Waals surface area contributed by atoms with Crippen molar-refractivity contribution >= 4 is 43.9 Å². The Balaban J connectivity index is 1.10. The van der Waals surface area contributed by atoms with Crippen molar-refractivity contribution in [3.05, 3.63) is 164 Å². The van der Waals surface area contributed by atoms with Gasteiger partial charge in [-0.15, -0.1) is 0 Å². The molecule has 0 radical (unpaired) electrons. The van der Waals surface area contributed by atoms with Crippen LogP contribution in [0.2, 0.25) is 0 Å². The third-order valence-corrected chi connectivity index (χ3v) is 9.28. The first-order chi connectivity index (χ1) is 24.8. The fourth-order valence-corrected chi connectivity index (χ4v) is 6.85. The Morgan fingerprint density at radius 1 is 0.380 bits per heavy atom. The normalized spacial score (nSPS) is 11.6. The van der Waals surface area contributed by atoms with E-state index < -0.39 is 0 Å². The summed E-state index contributed by atoms with van der Waals surface area (Å²) in [6.45, 7) is 0. The quantitative estimate of drug-likeness (QED) is 0.187. The highest BCUT2D eigenvalue weighted by Gasteiger charge is 2.17. The van der Waals surface area contributed by atoms with Gasteiger partial charge >= 0.3 is 0 Å². The van der Waals surface area contributed by atoms with Gasteiger partial charge < -0.3 is 4.42 Å². The molecule has 0 N–H and O–H groups in total. The molecule has 0 saturated heterocycles. The van der Waals surface area contributed by atoms with E-state index in [2.05, 4.69) is 95.6 Å². The summed E-state index contributed by atoms with van der Waals surface area (Å²) in [6.07, 6.45) is 0. The molecule has 0 saturated carbocycles. The van der Waals surface area contributed by atoms with Gasteiger partial charge in [0.25, 0.3) is 0 Å². The topological polar surface area (TPSA) is 69.6 Å². The van der Waals surface area contributed by atoms with Crippen LogP contribution in [-0.4, -0.2) is 24.5 Å². The lowest BCUT2D eigenvalue weighted by atomic mass is 10.1. The highest BCUT2D eigenvalue weighted by molar-refractivity contribution is 6.08. The third-order valence-electron chi connectivity index (χ3n) is 9.28. The van der Waals surface area contributed by atoms with E-state index in [1.165, 1.54) is 0 Å². The van der Waals surface area contributed by atoms with Crippen LogP contribution >= 0.6 is 0 Å². The number of aromatic nitrogens is 5. The van der Waals surface area contributed by atoms with Gasteiger partial charge in [-0.3, -0.25) is 4.57 Å². The lowest BCUT2D eigenvalue weighted by Crippen LogP contribution is -2.01. The molecule has 10 aromatic rings. The summed E-state index contributed by atoms with van der Waals surface area (Å²) >= 11 is 0. The van der Waals surface area contributed by atoms with Crippen molar-refractivity contribution in [3.63, 3.8) is 0 Å². The van der Waals surface area contributed by atoms with Crippen LogP contribution in [-0.2, 0) is 0 Å². The minimum absolute atomic E-state index is 0.584. The molecule has 10 rings (SSSR count). The van der Waals surface area contributed by atoms with Gasteiger partial charge in [-0.25, -0.2) is 19.9 Å². The number of nitrogens with zero attached hydrogens (tertiary/aromatic N) is 5. The van der Waals surface area contributed by atoms with Crippen LogP contribution in [0.15, 0.2) is 168 Å². The molecule has 4 aromatic heterocycles. The number of hydrogen-bond donors (Lipinski definition) is 0. The lowest BCUT2D eigenvalue weighted by molar-refractivity contribution is 0.669. The molecule has 0 amide bonds. The highest BCUT2D eigenvalue weighted by atomic mass is 16.3. The van der Waals surface area contributed by atoms with Gasteiger partial charge in [0.05, 0.1) is 11.2 Å². The minimum atomic E-state index is 0.584. The molecule has 50 heavy (non-hydrogen) atoms. The van der Waals surface area contributed by atoms with E-state index >= 15 is 0 Å². The van der Waals surface area contributed by atoms with E-state index in [9.17, 15) is 0 Å². The van der Waals surface area contributed by atoms with Crippen LogP contribution < -0.4 is 0 Å². The van der Waals surface area contributed by atoms with Crippen molar-refractivity contribution in [2.75, 3.05) is 0 Å². The Kier molecular flexibility index (Phi) is 6.39. The zero-order valence-electron chi connectivity index (χ0n) is 26.7. The number of rotatable bonds is 5. The summed E-state index contributed by atoms with van der Waals surface area (Å²) in [4.78, 5) is 20.1. The van der Waals surface area contributed by atoms with E-state index in [0.29, 0.717) is 17.5 Å². The molecule has 0 spiro atoms. The van der Waals surface area contributed by atoms with E-state index in [0.717, 1.165) is 77.5 Å². The monoisotopic (exact) mass is 641 g/mol. The van der Waals surface area contributed by atoms with E-state index in [-0.39, 0.29) is 0 Å². The molecule has 0 atom stereocenters. The van der Waals surface area contributed by atoms with Gasteiger partial charge in [-0.05, 0) is 60.7 Å². The summed E-state index contributed by atoms with van der Waals surface area (Å²) in [5.41, 5.74) is 9.36. The average Bonchev–Trinajstić information content (AvgIpc) is 3.73. The molecule has 0 unspecified atom stereocenters. The SMILES string of the molecule is c1ccc(-c2ccc3c4ccccc4n(-c4ccc(-c5nc(-c6ccccc6)nc(-c6ccc7c(c6)oc6ccccc67)n5)cc4)c3n2)cc1. The maximum atomic E-state index is 6.21. The van der Waals surface area contributed by atoms with E-state index in [1.807, 2.05) is 72.8 Å². The molecule has 4 heterocycles. The molecule has 0 bridgehead atoms. The predicted octanol–water partition coefficient (Wildman–Crippen LogP) is 10.9. The summed E-state index contributed by atoms with van der Waals surface area (Å²) in [6, 6.07) is 55.7. The smallest absolute Gasteiger partial charge is 0.164 e. The maximum Gasteiger partial charge on any atom is 0.164 e. The molecule has 0 aliphatic heterocycles. The average molecular weight is 642 g/mol. The van der Waals surface area contributed by atoms with Crippen molar-refractivity contribution in [2.45, 2.75) is 0 Å². The Bertz CT molecular complexity index is 2860. The molecule has 0 aliphatic rings. The zero-order chi connectivity index (χ0) is 33.0. The summed E-state index contributed by atoms with van der Waals surface area (Å²) in [5, 5.41) is 4.42. The number of para-hydroxylation sites is 2. The van der Waals surface area contributed by atoms with Gasteiger partial charge in [0.2, 0.25) is 0 Å². The Labute approximate surface area is 287 Å². The van der Waals surface area contributed by atoms with Crippen molar-refractivity contribution in [1.29, 1.82) is 0 Å². The van der Waals surface area contributed by atoms with E-state index in [1.54, 1.807) is 0 Å². The second kappa shape index (κ2) is 11.4. The first kappa shape index (κ1) is 28.1. The Hall–Kier alpha value is -6.92. The minimum Gasteiger partial charge on any atom is -0.456 e. The highest BCUT2D eigenvalue weighted by Crippen LogP contribution is 2.35. The summed E-state index contributed by atoms with van der Waals surface area (Å²) < 4.78 is 8.44. The second-order valence-electron chi connectivity index (χ2n) is 12.3. The number of benzene rings is 6. The van der Waals surface area contributed by atoms with Gasteiger partial charge in [0.1, 0.15) is 16.8 Å². The van der Waals surface area contributed by atoms with Gasteiger partial charge in [0.15, 0.2) is 17.5 Å². The first-order valence-corrected chi connectivity index (χ1v) is 16.6. The second-order valence-corrected chi connectivity index (χ2v) is 12.3. The Morgan fingerprint density at radius 3 is 1.70 bits per heavy atom. The molecule has 0 fully saturated rings. The molecular weight excluding hydrogens is 615 g/mol. The van der Waals surface area contributed by atoms with Gasteiger partial charge in [-0.2, -0.15) is 0 Å². The number of furan rings is 1. The fourth-order valence-electron chi connectivity index (χ4n) is 6.85. The van der Waals surface area contributed by atoms with Crippen molar-refractivity contribution in [2.24, 2.45) is 0 Å². The molecule has 234 valence electrons. The standard InChI is InChI=1S/C44H27N5O/c1-3-11-28(12-4-1)37-26-25-36-33-15-7-9-17-38(33)49(44(36)45-37)32-22-19-30(20-23-32)42-46-41(29-13-5-2-6-14-29)47-43(48-42)31-21-24-35-34-16-8-10-18-39(34)50-40(35)27-31/h1-27H. The molecule has 0 aliphatic carbocycles. The maximum absolute atomic E-state index is 6.21. The number of fused-ring (bicyclic) bond motifs is 6. The number of pyridine rings is 1. The first-order valence-electron chi connectivity index (χ1n) is 16.6. The Morgan fingerprint density at radius 2 is 0.940 bits per heavy atom. The summed E-state index contributed by atoms with van der Waals surface area (Å²) in [7, 11) is 0. The molecule has 6 aromatic carbocycles. The molecular formula is C44H27N5O. The largest absolute Gasteiger partial charge is 0.456 e. The van der Waals surface area contributed by atoms with Crippen LogP contribution in [0, 0.1) is 0 Å². The van der Waals surface area contributed by atoms with Gasteiger partial charge in [-0.1, -0.05) is 103 Å². The predicted molar refractivity (Wildman–Crippen MR) is 201 cm³/mol. The van der Waals surface area contributed by atoms with Crippen LogP contribution in [0.3, 0.4) is 0 Å².